The summed E-state index contributed by atoms with van der Waals surface area (Å²) in [6.45, 7) is 0.935. The quantitative estimate of drug-likeness (QED) is 0.106. The standard InChI is InChI=1S/C33H30Cl2N4O7S2/c1-24-9-15-31(16-10-24)48(43,44)38(20-25-11-12-26(34)18-32(25)35)22-29-14-13-27(46-29)19-36-37-33(40)23-39(21-28-6-5-17-45-28)47(41,42)30-7-3-2-4-8-30/h2-19H,20-23H2,1H3,(H,37,40)/b36-19-. The van der Waals surface area contributed by atoms with E-state index in [0.29, 0.717) is 27.1 Å². The highest BCUT2D eigenvalue weighted by Crippen LogP contribution is 2.27. The lowest BCUT2D eigenvalue weighted by atomic mass is 10.2. The first-order chi connectivity index (χ1) is 22.9. The molecule has 0 aliphatic carbocycles. The lowest BCUT2D eigenvalue weighted by molar-refractivity contribution is -0.121. The number of sulfonamides is 2. The topological polar surface area (TPSA) is 142 Å². The average Bonchev–Trinajstić information content (AvgIpc) is 3.74. The van der Waals surface area contributed by atoms with E-state index >= 15 is 0 Å². The Bertz CT molecular complexity index is 2100. The van der Waals surface area contributed by atoms with Crippen molar-refractivity contribution in [2.75, 3.05) is 6.54 Å². The molecule has 250 valence electrons. The third-order valence-corrected chi connectivity index (χ3v) is 11.2. The smallest absolute Gasteiger partial charge is 0.255 e. The minimum Gasteiger partial charge on any atom is -0.468 e. The van der Waals surface area contributed by atoms with Crippen LogP contribution in [-0.2, 0) is 44.5 Å². The number of halogens is 2. The van der Waals surface area contributed by atoms with Crippen molar-refractivity contribution in [2.45, 2.75) is 36.3 Å². The molecule has 3 aromatic carbocycles. The minimum atomic E-state index is -4.05. The number of furan rings is 2. The molecule has 2 heterocycles. The van der Waals surface area contributed by atoms with Gasteiger partial charge in [0.05, 0.1) is 41.9 Å². The fourth-order valence-electron chi connectivity index (χ4n) is 4.55. The Morgan fingerprint density at radius 2 is 1.48 bits per heavy atom. The Labute approximate surface area is 288 Å². The van der Waals surface area contributed by atoms with E-state index in [-0.39, 0.29) is 35.2 Å². The SMILES string of the molecule is Cc1ccc(S(=O)(=O)N(Cc2ccc(/C=N\NC(=O)CN(Cc3ccco3)S(=O)(=O)c3ccccc3)o2)Cc2ccc(Cl)cc2Cl)cc1. The van der Waals surface area contributed by atoms with Crippen molar-refractivity contribution in [3.8, 4) is 0 Å². The molecule has 11 nitrogen and oxygen atoms in total. The molecule has 0 saturated heterocycles. The fraction of sp³-hybridized carbons (Fsp3) is 0.152. The van der Waals surface area contributed by atoms with Gasteiger partial charge >= 0.3 is 0 Å². The van der Waals surface area contributed by atoms with Crippen LogP contribution < -0.4 is 5.43 Å². The summed E-state index contributed by atoms with van der Waals surface area (Å²) in [4.78, 5) is 12.9. The van der Waals surface area contributed by atoms with Gasteiger partial charge in [0.25, 0.3) is 5.91 Å². The first kappa shape index (κ1) is 35.1. The Morgan fingerprint density at radius 3 is 2.17 bits per heavy atom. The molecule has 0 spiro atoms. The molecule has 0 saturated carbocycles. The van der Waals surface area contributed by atoms with Crippen LogP contribution in [0.4, 0.5) is 0 Å². The van der Waals surface area contributed by atoms with Crippen molar-refractivity contribution >= 4 is 55.4 Å². The summed E-state index contributed by atoms with van der Waals surface area (Å²) < 4.78 is 67.4. The number of hydrogen-bond acceptors (Lipinski definition) is 8. The molecule has 1 N–H and O–H groups in total. The van der Waals surface area contributed by atoms with Crippen LogP contribution in [0.1, 0.15) is 28.4 Å². The largest absolute Gasteiger partial charge is 0.468 e. The van der Waals surface area contributed by atoms with Crippen molar-refractivity contribution in [2.24, 2.45) is 5.10 Å². The molecule has 0 bridgehead atoms. The van der Waals surface area contributed by atoms with Crippen molar-refractivity contribution in [3.05, 3.63) is 142 Å². The number of amides is 1. The molecule has 1 amide bonds. The molecule has 0 radical (unpaired) electrons. The number of carbonyl (C=O) groups excluding carboxylic acids is 1. The van der Waals surface area contributed by atoms with Crippen molar-refractivity contribution in [1.29, 1.82) is 0 Å². The van der Waals surface area contributed by atoms with E-state index in [0.717, 1.165) is 9.87 Å². The van der Waals surface area contributed by atoms with Crippen LogP contribution in [0.25, 0.3) is 0 Å². The van der Waals surface area contributed by atoms with E-state index in [4.69, 9.17) is 32.0 Å². The Hall–Kier alpha value is -4.24. The van der Waals surface area contributed by atoms with Gasteiger partial charge in [0.15, 0.2) is 0 Å². The van der Waals surface area contributed by atoms with E-state index in [9.17, 15) is 21.6 Å². The van der Waals surface area contributed by atoms with E-state index < -0.39 is 32.5 Å². The van der Waals surface area contributed by atoms with Gasteiger partial charge in [-0.3, -0.25) is 4.79 Å². The number of benzene rings is 3. The maximum atomic E-state index is 13.7. The summed E-state index contributed by atoms with van der Waals surface area (Å²) in [6.07, 6.45) is 2.63. The first-order valence-electron chi connectivity index (χ1n) is 14.4. The predicted molar refractivity (Wildman–Crippen MR) is 181 cm³/mol. The lowest BCUT2D eigenvalue weighted by Gasteiger charge is -2.22. The number of hydrazone groups is 1. The molecule has 0 aliphatic heterocycles. The number of hydrogen-bond donors (Lipinski definition) is 1. The highest BCUT2D eigenvalue weighted by Gasteiger charge is 2.28. The van der Waals surface area contributed by atoms with Crippen molar-refractivity contribution in [1.82, 2.24) is 14.0 Å². The lowest BCUT2D eigenvalue weighted by Crippen LogP contribution is -2.38. The summed E-state index contributed by atoms with van der Waals surface area (Å²) >= 11 is 12.4. The Balaban J connectivity index is 1.29. The van der Waals surface area contributed by atoms with E-state index in [2.05, 4.69) is 10.5 Å². The molecule has 48 heavy (non-hydrogen) atoms. The van der Waals surface area contributed by atoms with Gasteiger partial charge in [-0.1, -0.05) is 65.2 Å². The second-order valence-corrected chi connectivity index (χ2v) is 15.3. The van der Waals surface area contributed by atoms with Crippen LogP contribution in [0.15, 0.2) is 127 Å². The Morgan fingerprint density at radius 1 is 0.792 bits per heavy atom. The molecule has 15 heteroatoms. The van der Waals surface area contributed by atoms with Gasteiger partial charge in [-0.25, -0.2) is 22.3 Å². The number of nitrogens with zero attached hydrogens (tertiary/aromatic N) is 3. The normalized spacial score (nSPS) is 12.3. The summed E-state index contributed by atoms with van der Waals surface area (Å²) in [5.41, 5.74) is 3.76. The van der Waals surface area contributed by atoms with Crippen LogP contribution >= 0.6 is 23.2 Å². The number of carbonyl (C=O) groups is 1. The van der Waals surface area contributed by atoms with Gasteiger partial charge < -0.3 is 8.83 Å². The third kappa shape index (κ3) is 8.81. The van der Waals surface area contributed by atoms with Gasteiger partial charge in [-0.05, 0) is 73.2 Å². The number of nitrogens with one attached hydrogen (secondary N) is 1. The molecule has 0 unspecified atom stereocenters. The second kappa shape index (κ2) is 15.3. The number of rotatable bonds is 14. The van der Waals surface area contributed by atoms with E-state index in [1.807, 2.05) is 6.92 Å². The van der Waals surface area contributed by atoms with Crippen LogP contribution in [0.5, 0.6) is 0 Å². The molecular formula is C33H30Cl2N4O7S2. The third-order valence-electron chi connectivity index (χ3n) is 7.03. The molecule has 5 aromatic rings. The predicted octanol–water partition coefficient (Wildman–Crippen LogP) is 6.22. The van der Waals surface area contributed by atoms with Gasteiger partial charge in [0.2, 0.25) is 20.0 Å². The molecule has 0 aliphatic rings. The van der Waals surface area contributed by atoms with Crippen molar-refractivity contribution in [3.63, 3.8) is 0 Å². The summed E-state index contributed by atoms with van der Waals surface area (Å²) in [5, 5.41) is 4.64. The zero-order chi connectivity index (χ0) is 34.3. The number of aryl methyl sites for hydroxylation is 1. The monoisotopic (exact) mass is 728 g/mol. The Kier molecular flexibility index (Phi) is 11.2. The first-order valence-corrected chi connectivity index (χ1v) is 18.0. The molecule has 0 atom stereocenters. The summed E-state index contributed by atoms with van der Waals surface area (Å²) in [6, 6.07) is 25.4. The van der Waals surface area contributed by atoms with Crippen LogP contribution in [0.2, 0.25) is 10.0 Å². The van der Waals surface area contributed by atoms with Gasteiger partial charge in [0, 0.05) is 16.6 Å². The van der Waals surface area contributed by atoms with Crippen molar-refractivity contribution < 1.29 is 30.5 Å². The minimum absolute atomic E-state index is 0.0211. The van der Waals surface area contributed by atoms with E-state index in [1.165, 1.54) is 47.1 Å². The molecule has 0 fully saturated rings. The molecule has 2 aromatic heterocycles. The van der Waals surface area contributed by atoms with E-state index in [1.54, 1.807) is 66.7 Å². The van der Waals surface area contributed by atoms with Crippen LogP contribution in [-0.4, -0.2) is 44.1 Å². The zero-order valence-corrected chi connectivity index (χ0v) is 28.6. The maximum absolute atomic E-state index is 13.7. The average molecular weight is 730 g/mol. The van der Waals surface area contributed by atoms with Gasteiger partial charge in [-0.2, -0.15) is 13.7 Å². The molecular weight excluding hydrogens is 699 g/mol. The van der Waals surface area contributed by atoms with Gasteiger partial charge in [0.1, 0.15) is 17.3 Å². The fourth-order valence-corrected chi connectivity index (χ4v) is 7.79. The highest BCUT2D eigenvalue weighted by molar-refractivity contribution is 7.89. The van der Waals surface area contributed by atoms with Crippen LogP contribution in [0.3, 0.4) is 0 Å². The van der Waals surface area contributed by atoms with Crippen LogP contribution in [0, 0.1) is 6.92 Å². The summed E-state index contributed by atoms with van der Waals surface area (Å²) in [5.74, 6) is 0.152. The molecule has 5 rings (SSSR count). The maximum Gasteiger partial charge on any atom is 0.255 e. The highest BCUT2D eigenvalue weighted by atomic mass is 35.5. The summed E-state index contributed by atoms with van der Waals surface area (Å²) in [7, 11) is -8.04. The second-order valence-electron chi connectivity index (χ2n) is 10.6. The zero-order valence-electron chi connectivity index (χ0n) is 25.5. The van der Waals surface area contributed by atoms with Gasteiger partial charge in [-0.15, -0.1) is 0 Å².